The Labute approximate surface area is 358 Å². The Morgan fingerprint density at radius 2 is 1.43 bits per heavy atom. The largest absolute Gasteiger partial charge is 0.544 e. The third kappa shape index (κ3) is 9.58. The average Bonchev–Trinajstić information content (AvgIpc) is 3.25. The molecule has 4 aromatic rings. The summed E-state index contributed by atoms with van der Waals surface area (Å²) in [6, 6.07) is 21.9. The predicted octanol–water partition coefficient (Wildman–Crippen LogP) is 10.1. The average molecular weight is 819 g/mol. The van der Waals surface area contributed by atoms with Gasteiger partial charge in [-0.15, -0.1) is 0 Å². The van der Waals surface area contributed by atoms with Crippen molar-refractivity contribution < 1.29 is 38.1 Å². The number of carboxylic acids is 1. The van der Waals surface area contributed by atoms with Crippen LogP contribution >= 0.6 is 0 Å². The van der Waals surface area contributed by atoms with E-state index in [-0.39, 0.29) is 12.1 Å². The molecular formula is C51H66N2O7. The molecule has 4 heterocycles. The molecule has 0 N–H and O–H groups in total. The van der Waals surface area contributed by atoms with E-state index in [2.05, 4.69) is 68.4 Å². The SMILES string of the molecule is CCCCCCCCCCCCC(C(=O)[O-])[N+]1(C)CCc2cc(OC)c3cc2C1Cc1ccc(cc1)Oc1cc(ccc1OC)CC1c2c(cc(OC)cc2O3)CCN1C. The number of unbranched alkanes of at least 4 members (excludes halogenated alkanes) is 9. The molecule has 9 heteroatoms. The zero-order valence-electron chi connectivity index (χ0n) is 36.9. The van der Waals surface area contributed by atoms with Crippen molar-refractivity contribution in [2.24, 2.45) is 0 Å². The van der Waals surface area contributed by atoms with Crippen LogP contribution in [0, 0.1) is 0 Å². The Kier molecular flexibility index (Phi) is 14.3. The zero-order chi connectivity index (χ0) is 42.2. The van der Waals surface area contributed by atoms with Crippen molar-refractivity contribution in [3.8, 4) is 40.2 Å². The molecule has 0 fully saturated rings. The molecular weight excluding hydrogens is 753 g/mol. The van der Waals surface area contributed by atoms with Crippen molar-refractivity contribution in [2.75, 3.05) is 48.5 Å². The second-order valence-corrected chi connectivity index (χ2v) is 17.5. The van der Waals surface area contributed by atoms with Crippen molar-refractivity contribution in [3.05, 3.63) is 100 Å². The van der Waals surface area contributed by atoms with Gasteiger partial charge in [-0.05, 0) is 91.0 Å². The summed E-state index contributed by atoms with van der Waals surface area (Å²) in [6.07, 6.45) is 15.5. The predicted molar refractivity (Wildman–Crippen MR) is 235 cm³/mol. The van der Waals surface area contributed by atoms with Crippen LogP contribution in [0.1, 0.15) is 123 Å². The molecule has 0 radical (unpaired) electrons. The minimum absolute atomic E-state index is 0.0000153. The number of hydrogen-bond acceptors (Lipinski definition) is 8. The molecule has 4 unspecified atom stereocenters. The Bertz CT molecular complexity index is 2080. The van der Waals surface area contributed by atoms with E-state index in [9.17, 15) is 9.90 Å². The number of likely N-dealkylation sites (N-methyl/N-ethyl adjacent to an activating group) is 2. The number of rotatable bonds is 16. The van der Waals surface area contributed by atoms with E-state index >= 15 is 0 Å². The van der Waals surface area contributed by atoms with Crippen LogP contribution in [-0.4, -0.2) is 69.9 Å². The van der Waals surface area contributed by atoms with Crippen LogP contribution in [0.2, 0.25) is 0 Å². The quantitative estimate of drug-likeness (QED) is 0.0816. The molecule has 6 bridgehead atoms. The number of aliphatic carboxylic acids is 1. The summed E-state index contributed by atoms with van der Waals surface area (Å²) in [4.78, 5) is 15.7. The maximum absolute atomic E-state index is 13.3. The normalized spacial score (nSPS) is 20.2. The number of carbonyl (C=O) groups excluding carboxylic acids is 1. The maximum Gasteiger partial charge on any atom is 0.169 e. The molecule has 8 rings (SSSR count). The number of ether oxygens (including phenoxy) is 5. The van der Waals surface area contributed by atoms with Gasteiger partial charge in [-0.1, -0.05) is 82.9 Å². The first-order chi connectivity index (χ1) is 29.1. The molecule has 0 aliphatic carbocycles. The molecule has 4 aliphatic rings. The second-order valence-electron chi connectivity index (χ2n) is 17.5. The summed E-state index contributed by atoms with van der Waals surface area (Å²) in [7, 11) is 9.35. The van der Waals surface area contributed by atoms with Gasteiger partial charge in [-0.25, -0.2) is 0 Å². The monoisotopic (exact) mass is 818 g/mol. The minimum atomic E-state index is -0.973. The fourth-order valence-corrected chi connectivity index (χ4v) is 10.1. The van der Waals surface area contributed by atoms with Gasteiger partial charge < -0.3 is 38.1 Å². The highest BCUT2D eigenvalue weighted by Crippen LogP contribution is 2.48. The van der Waals surface area contributed by atoms with Crippen LogP contribution in [0.3, 0.4) is 0 Å². The Balaban J connectivity index is 1.29. The van der Waals surface area contributed by atoms with Crippen LogP contribution in [0.25, 0.3) is 0 Å². The number of hydrogen-bond donors (Lipinski definition) is 0. The van der Waals surface area contributed by atoms with Gasteiger partial charge >= 0.3 is 0 Å². The summed E-state index contributed by atoms with van der Waals surface area (Å²) in [5, 5.41) is 13.3. The molecule has 0 saturated carbocycles. The number of nitrogens with zero attached hydrogens (tertiary/aromatic N) is 2. The first kappa shape index (κ1) is 43.4. The van der Waals surface area contributed by atoms with E-state index in [1.54, 1.807) is 21.3 Å². The van der Waals surface area contributed by atoms with E-state index < -0.39 is 12.0 Å². The van der Waals surface area contributed by atoms with E-state index in [1.165, 1.54) is 50.5 Å². The summed E-state index contributed by atoms with van der Waals surface area (Å²) in [5.74, 6) is 3.76. The summed E-state index contributed by atoms with van der Waals surface area (Å²) >= 11 is 0. The van der Waals surface area contributed by atoms with Crippen molar-refractivity contribution in [3.63, 3.8) is 0 Å². The summed E-state index contributed by atoms with van der Waals surface area (Å²) in [6.45, 7) is 3.81. The Hall–Kier alpha value is -4.73. The van der Waals surface area contributed by atoms with Crippen molar-refractivity contribution in [2.45, 2.75) is 121 Å². The number of quaternary nitrogens is 1. The Morgan fingerprint density at radius 3 is 2.12 bits per heavy atom. The Morgan fingerprint density at radius 1 is 0.750 bits per heavy atom. The molecule has 0 spiro atoms. The van der Waals surface area contributed by atoms with E-state index in [4.69, 9.17) is 23.7 Å². The van der Waals surface area contributed by atoms with Gasteiger partial charge in [0.1, 0.15) is 29.3 Å². The maximum atomic E-state index is 13.3. The van der Waals surface area contributed by atoms with Gasteiger partial charge in [0.05, 0.1) is 40.9 Å². The van der Waals surface area contributed by atoms with Gasteiger partial charge in [0, 0.05) is 49.0 Å². The fourth-order valence-electron chi connectivity index (χ4n) is 10.1. The lowest BCUT2D eigenvalue weighted by atomic mass is 9.84. The lowest BCUT2D eigenvalue weighted by Gasteiger charge is -2.51. The lowest BCUT2D eigenvalue weighted by molar-refractivity contribution is -0.958. The second kappa shape index (κ2) is 19.8. The number of carboxylic acid groups (broad SMARTS) is 1. The highest BCUT2D eigenvalue weighted by molar-refractivity contribution is 5.70. The standard InChI is InChI=1S/C51H66N2O7/c1-7-8-9-10-11-12-13-14-15-16-17-43(51(54)55)53(3)27-25-37-32-46(58-6)48-34-41(37)44(53)29-35-18-21-39(22-19-35)59-47-30-36(20-23-45(47)57-5)28-42-50-38(24-26-52(42)2)31-40(56-4)33-49(50)60-48/h18-23,30-34,42-44H,7-17,24-29H2,1-6H3. The van der Waals surface area contributed by atoms with E-state index in [1.807, 2.05) is 24.3 Å². The fraction of sp³-hybridized carbons (Fsp3) is 0.510. The van der Waals surface area contributed by atoms with Crippen LogP contribution in [-0.2, 0) is 30.5 Å². The third-order valence-electron chi connectivity index (χ3n) is 13.7. The van der Waals surface area contributed by atoms with Crippen molar-refractivity contribution >= 4 is 5.97 Å². The van der Waals surface area contributed by atoms with Gasteiger partial charge in [-0.2, -0.15) is 0 Å². The van der Waals surface area contributed by atoms with E-state index in [0.29, 0.717) is 65.5 Å². The molecule has 4 aliphatic heterocycles. The topological polar surface area (TPSA) is 89.5 Å². The number of carbonyl (C=O) groups is 1. The number of methoxy groups -OCH3 is 3. The zero-order valence-corrected chi connectivity index (χ0v) is 36.9. The molecule has 60 heavy (non-hydrogen) atoms. The van der Waals surface area contributed by atoms with Crippen molar-refractivity contribution in [1.82, 2.24) is 4.90 Å². The molecule has 0 amide bonds. The number of fused-ring (bicyclic) bond motifs is 2. The summed E-state index contributed by atoms with van der Waals surface area (Å²) < 4.78 is 31.7. The third-order valence-corrected chi connectivity index (χ3v) is 13.7. The first-order valence-corrected chi connectivity index (χ1v) is 22.4. The van der Waals surface area contributed by atoms with Gasteiger partial charge in [0.2, 0.25) is 0 Å². The lowest BCUT2D eigenvalue weighted by Crippen LogP contribution is -2.63. The van der Waals surface area contributed by atoms with Crippen molar-refractivity contribution in [1.29, 1.82) is 0 Å². The minimum Gasteiger partial charge on any atom is -0.544 e. The van der Waals surface area contributed by atoms with Gasteiger partial charge in [0.15, 0.2) is 23.0 Å². The molecule has 0 aromatic heterocycles. The molecule has 0 saturated heterocycles. The van der Waals surface area contributed by atoms with E-state index in [0.717, 1.165) is 71.5 Å². The molecule has 9 nitrogen and oxygen atoms in total. The first-order valence-electron chi connectivity index (χ1n) is 22.4. The van der Waals surface area contributed by atoms with Crippen LogP contribution in [0.5, 0.6) is 40.2 Å². The molecule has 4 aromatic carbocycles. The highest BCUT2D eigenvalue weighted by atomic mass is 16.5. The van der Waals surface area contributed by atoms with Gasteiger partial charge in [0.25, 0.3) is 0 Å². The van der Waals surface area contributed by atoms with Crippen LogP contribution in [0.4, 0.5) is 0 Å². The highest BCUT2D eigenvalue weighted by Gasteiger charge is 2.46. The van der Waals surface area contributed by atoms with Gasteiger partial charge in [-0.3, -0.25) is 4.90 Å². The van der Waals surface area contributed by atoms with Crippen LogP contribution < -0.4 is 28.8 Å². The summed E-state index contributed by atoms with van der Waals surface area (Å²) in [5.41, 5.74) is 6.75. The molecule has 4 atom stereocenters. The molecule has 322 valence electrons. The van der Waals surface area contributed by atoms with Crippen LogP contribution in [0.15, 0.2) is 66.7 Å². The number of benzene rings is 4. The smallest absolute Gasteiger partial charge is 0.169 e.